The van der Waals surface area contributed by atoms with E-state index in [2.05, 4.69) is 71.6 Å². The molecule has 180 valence electrons. The van der Waals surface area contributed by atoms with Crippen LogP contribution in [0.2, 0.25) is 0 Å². The van der Waals surface area contributed by atoms with E-state index in [1.54, 1.807) is 0 Å². The molecule has 0 spiro atoms. The molecule has 2 aliphatic heterocycles. The van der Waals surface area contributed by atoms with Gasteiger partial charge in [0, 0.05) is 12.1 Å². The fourth-order valence-corrected chi connectivity index (χ4v) is 5.23. The van der Waals surface area contributed by atoms with Crippen molar-refractivity contribution in [2.75, 3.05) is 26.7 Å². The molecular weight excluding hydrogens is 434 g/mol. The van der Waals surface area contributed by atoms with E-state index < -0.39 is 0 Å². The van der Waals surface area contributed by atoms with Crippen molar-refractivity contribution >= 4 is 11.5 Å². The molecule has 2 aliphatic rings. The Morgan fingerprint density at radius 2 is 1.74 bits per heavy atom. The number of benzene rings is 3. The first kappa shape index (κ1) is 23.4. The lowest BCUT2D eigenvalue weighted by atomic mass is 9.90. The molecule has 1 saturated heterocycles. The van der Waals surface area contributed by atoms with Gasteiger partial charge in [0.1, 0.15) is 12.4 Å². The first-order chi connectivity index (χ1) is 17.2. The van der Waals surface area contributed by atoms with Crippen molar-refractivity contribution in [1.29, 1.82) is 0 Å². The Kier molecular flexibility index (Phi) is 7.29. The van der Waals surface area contributed by atoms with Gasteiger partial charge in [0.25, 0.3) is 0 Å². The molecule has 0 bridgehead atoms. The highest BCUT2D eigenvalue weighted by atomic mass is 16.5. The van der Waals surface area contributed by atoms with Crippen molar-refractivity contribution in [2.45, 2.75) is 32.3 Å². The molecule has 0 unspecified atom stereocenters. The van der Waals surface area contributed by atoms with Crippen LogP contribution in [0.5, 0.6) is 5.75 Å². The molecule has 0 N–H and O–H groups in total. The Labute approximate surface area is 208 Å². The molecule has 1 fully saturated rings. The van der Waals surface area contributed by atoms with Crippen LogP contribution in [0, 0.1) is 5.92 Å². The van der Waals surface area contributed by atoms with Gasteiger partial charge in [-0.2, -0.15) is 0 Å². The standard InChI is InChI=1S/C31H33NO3/c1-34-31(33)21-25-11-12-30-29(20-25)28(27-10-6-5-9-26(27)22-35-30)15-18-32-16-13-24(14-17-32)19-23-7-3-2-4-8-23/h2-12,15,20,24H,13-14,16-19,21-22H2,1H3/b28-15+. The average Bonchev–Trinajstić information content (AvgIpc) is 3.05. The second-order valence-corrected chi connectivity index (χ2v) is 9.58. The fraction of sp³-hybridized carbons (Fsp3) is 0.323. The van der Waals surface area contributed by atoms with Gasteiger partial charge in [-0.25, -0.2) is 0 Å². The van der Waals surface area contributed by atoms with Crippen LogP contribution in [0.4, 0.5) is 0 Å². The summed E-state index contributed by atoms with van der Waals surface area (Å²) in [7, 11) is 1.43. The molecule has 0 radical (unpaired) electrons. The van der Waals surface area contributed by atoms with Crippen LogP contribution in [0.1, 0.15) is 40.7 Å². The summed E-state index contributed by atoms with van der Waals surface area (Å²) in [5, 5.41) is 0. The average molecular weight is 468 g/mol. The van der Waals surface area contributed by atoms with Gasteiger partial charge in [-0.1, -0.05) is 66.7 Å². The summed E-state index contributed by atoms with van der Waals surface area (Å²) in [4.78, 5) is 14.5. The predicted molar refractivity (Wildman–Crippen MR) is 139 cm³/mol. The number of ether oxygens (including phenoxy) is 2. The third kappa shape index (κ3) is 5.66. The Morgan fingerprint density at radius 1 is 0.971 bits per heavy atom. The third-order valence-corrected chi connectivity index (χ3v) is 7.23. The molecule has 4 heteroatoms. The quantitative estimate of drug-likeness (QED) is 0.437. The van der Waals surface area contributed by atoms with E-state index >= 15 is 0 Å². The molecule has 0 amide bonds. The molecule has 0 aromatic heterocycles. The highest BCUT2D eigenvalue weighted by Gasteiger charge is 2.22. The molecule has 4 nitrogen and oxygen atoms in total. The van der Waals surface area contributed by atoms with Crippen molar-refractivity contribution in [3.63, 3.8) is 0 Å². The lowest BCUT2D eigenvalue weighted by Gasteiger charge is -2.31. The zero-order valence-corrected chi connectivity index (χ0v) is 20.4. The minimum atomic E-state index is -0.233. The summed E-state index contributed by atoms with van der Waals surface area (Å²) in [6, 6.07) is 25.4. The number of hydrogen-bond acceptors (Lipinski definition) is 4. The molecule has 5 rings (SSSR count). The monoisotopic (exact) mass is 467 g/mol. The molecule has 0 atom stereocenters. The van der Waals surface area contributed by atoms with Crippen molar-refractivity contribution in [2.24, 2.45) is 5.92 Å². The second-order valence-electron chi connectivity index (χ2n) is 9.58. The summed E-state index contributed by atoms with van der Waals surface area (Å²) in [6.45, 7) is 3.69. The Morgan fingerprint density at radius 3 is 2.54 bits per heavy atom. The van der Waals surface area contributed by atoms with Gasteiger partial charge in [-0.05, 0) is 78.2 Å². The fourth-order valence-electron chi connectivity index (χ4n) is 5.23. The van der Waals surface area contributed by atoms with E-state index in [0.29, 0.717) is 6.61 Å². The van der Waals surface area contributed by atoms with Crippen LogP contribution < -0.4 is 4.74 Å². The molecular formula is C31H33NO3. The number of esters is 1. The van der Waals surface area contributed by atoms with Crippen LogP contribution in [0.3, 0.4) is 0 Å². The lowest BCUT2D eigenvalue weighted by Crippen LogP contribution is -2.34. The molecule has 3 aromatic rings. The van der Waals surface area contributed by atoms with E-state index in [9.17, 15) is 4.79 Å². The first-order valence-electron chi connectivity index (χ1n) is 12.6. The molecule has 0 aliphatic carbocycles. The highest BCUT2D eigenvalue weighted by Crippen LogP contribution is 2.37. The van der Waals surface area contributed by atoms with Crippen molar-refractivity contribution in [3.8, 4) is 5.75 Å². The van der Waals surface area contributed by atoms with Gasteiger partial charge in [0.05, 0.1) is 13.5 Å². The largest absolute Gasteiger partial charge is 0.488 e. The van der Waals surface area contributed by atoms with Crippen LogP contribution in [-0.2, 0) is 29.0 Å². The van der Waals surface area contributed by atoms with E-state index in [-0.39, 0.29) is 12.4 Å². The Hall–Kier alpha value is -3.37. The van der Waals surface area contributed by atoms with Crippen molar-refractivity contribution in [3.05, 3.63) is 107 Å². The Bertz CT molecular complexity index is 1190. The zero-order chi connectivity index (χ0) is 24.0. The first-order valence-corrected chi connectivity index (χ1v) is 12.6. The van der Waals surface area contributed by atoms with Crippen molar-refractivity contribution < 1.29 is 14.3 Å². The number of methoxy groups -OCH3 is 1. The van der Waals surface area contributed by atoms with Gasteiger partial charge in [-0.3, -0.25) is 9.69 Å². The van der Waals surface area contributed by atoms with Gasteiger partial charge in [0.2, 0.25) is 0 Å². The summed E-state index contributed by atoms with van der Waals surface area (Å²) in [6.07, 6.45) is 6.26. The van der Waals surface area contributed by atoms with E-state index in [0.717, 1.165) is 42.4 Å². The summed E-state index contributed by atoms with van der Waals surface area (Å²) < 4.78 is 11.1. The number of piperidine rings is 1. The molecule has 3 aromatic carbocycles. The topological polar surface area (TPSA) is 38.8 Å². The second kappa shape index (κ2) is 10.9. The van der Waals surface area contributed by atoms with Gasteiger partial charge >= 0.3 is 5.97 Å². The van der Waals surface area contributed by atoms with Crippen LogP contribution in [0.25, 0.3) is 5.57 Å². The number of likely N-dealkylation sites (tertiary alicyclic amines) is 1. The Balaban J connectivity index is 1.35. The SMILES string of the molecule is COC(=O)Cc1ccc2c(c1)/C(=C/CN1CCC(Cc3ccccc3)CC1)c1ccccc1CO2. The van der Waals surface area contributed by atoms with Gasteiger partial charge in [0.15, 0.2) is 0 Å². The summed E-state index contributed by atoms with van der Waals surface area (Å²) >= 11 is 0. The lowest BCUT2D eigenvalue weighted by molar-refractivity contribution is -0.139. The minimum Gasteiger partial charge on any atom is -0.488 e. The van der Waals surface area contributed by atoms with Gasteiger partial charge < -0.3 is 9.47 Å². The van der Waals surface area contributed by atoms with E-state index in [4.69, 9.17) is 9.47 Å². The van der Waals surface area contributed by atoms with E-state index in [1.807, 2.05) is 12.1 Å². The molecule has 2 heterocycles. The smallest absolute Gasteiger partial charge is 0.309 e. The number of fused-ring (bicyclic) bond motifs is 2. The maximum atomic E-state index is 11.9. The van der Waals surface area contributed by atoms with Crippen LogP contribution >= 0.6 is 0 Å². The number of hydrogen-bond donors (Lipinski definition) is 0. The van der Waals surface area contributed by atoms with Crippen LogP contribution in [0.15, 0.2) is 78.9 Å². The maximum absolute atomic E-state index is 11.9. The third-order valence-electron chi connectivity index (χ3n) is 7.23. The highest BCUT2D eigenvalue weighted by molar-refractivity contribution is 5.86. The summed E-state index contributed by atoms with van der Waals surface area (Å²) in [5.74, 6) is 1.39. The normalized spacial score (nSPS) is 17.2. The van der Waals surface area contributed by atoms with Crippen LogP contribution in [-0.4, -0.2) is 37.6 Å². The number of rotatable bonds is 6. The number of nitrogens with zero attached hydrogens (tertiary/aromatic N) is 1. The van der Waals surface area contributed by atoms with Gasteiger partial charge in [-0.15, -0.1) is 0 Å². The number of carbonyl (C=O) groups is 1. The molecule has 0 saturated carbocycles. The zero-order valence-electron chi connectivity index (χ0n) is 20.4. The maximum Gasteiger partial charge on any atom is 0.309 e. The van der Waals surface area contributed by atoms with E-state index in [1.165, 1.54) is 48.6 Å². The predicted octanol–water partition coefficient (Wildman–Crippen LogP) is 5.68. The van der Waals surface area contributed by atoms with Crippen molar-refractivity contribution in [1.82, 2.24) is 4.90 Å². The molecule has 35 heavy (non-hydrogen) atoms. The summed E-state index contributed by atoms with van der Waals surface area (Å²) in [5.41, 5.74) is 7.02. The number of carbonyl (C=O) groups excluding carboxylic acids is 1. The minimum absolute atomic E-state index is 0.233.